The minimum absolute atomic E-state index is 0.327. The smallest absolute Gasteiger partial charge is 0.256 e. The number of aliphatic hydroxyl groups is 1. The van der Waals surface area contributed by atoms with E-state index in [2.05, 4.69) is 10.1 Å². The molecule has 1 aliphatic heterocycles. The summed E-state index contributed by atoms with van der Waals surface area (Å²) in [6.45, 7) is 1.51. The highest BCUT2D eigenvalue weighted by Crippen LogP contribution is 2.21. The Hall–Kier alpha value is -2.70. The van der Waals surface area contributed by atoms with E-state index in [1.807, 2.05) is 35.0 Å². The van der Waals surface area contributed by atoms with Gasteiger partial charge in [0.1, 0.15) is 5.82 Å². The molecule has 0 fully saturated rings. The fraction of sp³-hybridized carbons (Fsp3) is 0.250. The van der Waals surface area contributed by atoms with Gasteiger partial charge in [0.2, 0.25) is 0 Å². The summed E-state index contributed by atoms with van der Waals surface area (Å²) in [6, 6.07) is 16.6. The first-order valence-electron chi connectivity index (χ1n) is 8.83. The molecule has 6 nitrogen and oxygen atoms in total. The van der Waals surface area contributed by atoms with Crippen molar-refractivity contribution in [1.82, 2.24) is 19.7 Å². The van der Waals surface area contributed by atoms with Gasteiger partial charge in [0.05, 0.1) is 6.54 Å². The SMILES string of the molecule is O=C(C(O)c1cccc(Cl)c1)N1CCc2nc(-c3ccccc3)nn2CC1. The summed E-state index contributed by atoms with van der Waals surface area (Å²) < 4.78 is 1.85. The van der Waals surface area contributed by atoms with E-state index in [-0.39, 0.29) is 5.91 Å². The molecule has 7 heteroatoms. The van der Waals surface area contributed by atoms with E-state index in [0.29, 0.717) is 42.5 Å². The summed E-state index contributed by atoms with van der Waals surface area (Å²) in [4.78, 5) is 19.0. The summed E-state index contributed by atoms with van der Waals surface area (Å²) >= 11 is 5.96. The first kappa shape index (κ1) is 17.7. The van der Waals surface area contributed by atoms with Gasteiger partial charge in [-0.15, -0.1) is 0 Å². The van der Waals surface area contributed by atoms with E-state index in [1.54, 1.807) is 29.2 Å². The van der Waals surface area contributed by atoms with Crippen LogP contribution in [-0.4, -0.2) is 43.8 Å². The van der Waals surface area contributed by atoms with Crippen molar-refractivity contribution in [2.24, 2.45) is 0 Å². The van der Waals surface area contributed by atoms with Gasteiger partial charge in [0.25, 0.3) is 5.91 Å². The molecule has 1 aliphatic rings. The van der Waals surface area contributed by atoms with Crippen LogP contribution in [0.3, 0.4) is 0 Å². The number of carbonyl (C=O) groups is 1. The number of benzene rings is 2. The maximum atomic E-state index is 12.7. The van der Waals surface area contributed by atoms with Crippen LogP contribution in [-0.2, 0) is 17.8 Å². The maximum Gasteiger partial charge on any atom is 0.256 e. The van der Waals surface area contributed by atoms with Crippen molar-refractivity contribution in [3.63, 3.8) is 0 Å². The van der Waals surface area contributed by atoms with Gasteiger partial charge in [-0.1, -0.05) is 54.1 Å². The van der Waals surface area contributed by atoms with Crippen molar-refractivity contribution in [2.45, 2.75) is 19.1 Å². The van der Waals surface area contributed by atoms with Gasteiger partial charge in [-0.2, -0.15) is 5.10 Å². The Kier molecular flexibility index (Phi) is 4.92. The molecular formula is C20H19ClN4O2. The zero-order valence-corrected chi connectivity index (χ0v) is 15.4. The number of rotatable bonds is 3. The number of halogens is 1. The standard InChI is InChI=1S/C20H19ClN4O2/c21-16-8-4-7-15(13-16)18(26)20(27)24-10-9-17-22-19(23-25(17)12-11-24)14-5-2-1-3-6-14/h1-8,13,18,26H,9-12H2. The number of hydrogen-bond donors (Lipinski definition) is 1. The lowest BCUT2D eigenvalue weighted by atomic mass is 10.1. The van der Waals surface area contributed by atoms with Gasteiger partial charge in [-0.05, 0) is 17.7 Å². The van der Waals surface area contributed by atoms with Crippen LogP contribution in [0.5, 0.6) is 0 Å². The van der Waals surface area contributed by atoms with Crippen molar-refractivity contribution < 1.29 is 9.90 Å². The molecule has 0 saturated heterocycles. The van der Waals surface area contributed by atoms with Gasteiger partial charge < -0.3 is 10.0 Å². The van der Waals surface area contributed by atoms with Crippen LogP contribution in [0.25, 0.3) is 11.4 Å². The number of fused-ring (bicyclic) bond motifs is 1. The molecular weight excluding hydrogens is 364 g/mol. The van der Waals surface area contributed by atoms with E-state index >= 15 is 0 Å². The highest BCUT2D eigenvalue weighted by Gasteiger charge is 2.26. The van der Waals surface area contributed by atoms with E-state index in [0.717, 1.165) is 11.4 Å². The Bertz CT molecular complexity index is 932. The quantitative estimate of drug-likeness (QED) is 0.756. The number of carbonyl (C=O) groups excluding carboxylic acids is 1. The molecule has 0 aliphatic carbocycles. The largest absolute Gasteiger partial charge is 0.378 e. The Morgan fingerprint density at radius 3 is 2.67 bits per heavy atom. The molecule has 1 atom stereocenters. The van der Waals surface area contributed by atoms with Crippen LogP contribution in [0.2, 0.25) is 5.02 Å². The van der Waals surface area contributed by atoms with E-state index in [4.69, 9.17) is 11.6 Å². The number of nitrogens with zero attached hydrogens (tertiary/aromatic N) is 4. The van der Waals surface area contributed by atoms with Crippen molar-refractivity contribution >= 4 is 17.5 Å². The fourth-order valence-corrected chi connectivity index (χ4v) is 3.42. The minimum atomic E-state index is -1.22. The maximum absolute atomic E-state index is 12.7. The number of aromatic nitrogens is 3. The monoisotopic (exact) mass is 382 g/mol. The normalized spacial score (nSPS) is 15.1. The van der Waals surface area contributed by atoms with Crippen LogP contribution in [0.1, 0.15) is 17.5 Å². The minimum Gasteiger partial charge on any atom is -0.378 e. The molecule has 1 aromatic heterocycles. The molecule has 27 heavy (non-hydrogen) atoms. The molecule has 1 unspecified atom stereocenters. The van der Waals surface area contributed by atoms with E-state index in [9.17, 15) is 9.90 Å². The van der Waals surface area contributed by atoms with E-state index in [1.165, 1.54) is 0 Å². The van der Waals surface area contributed by atoms with Gasteiger partial charge in [0.15, 0.2) is 11.9 Å². The fourth-order valence-electron chi connectivity index (χ4n) is 3.22. The molecule has 2 heterocycles. The Morgan fingerprint density at radius 2 is 1.89 bits per heavy atom. The third-order valence-electron chi connectivity index (χ3n) is 4.68. The summed E-state index contributed by atoms with van der Waals surface area (Å²) in [6.07, 6.45) is -0.629. The van der Waals surface area contributed by atoms with Gasteiger partial charge in [-0.3, -0.25) is 4.79 Å². The van der Waals surface area contributed by atoms with Crippen LogP contribution in [0.15, 0.2) is 54.6 Å². The second-order valence-corrected chi connectivity index (χ2v) is 6.91. The Labute approximate surface area is 162 Å². The molecule has 1 amide bonds. The molecule has 4 rings (SSSR count). The molecule has 0 bridgehead atoms. The van der Waals surface area contributed by atoms with Crippen LogP contribution in [0, 0.1) is 0 Å². The van der Waals surface area contributed by atoms with Crippen molar-refractivity contribution in [2.75, 3.05) is 13.1 Å². The zero-order valence-electron chi connectivity index (χ0n) is 14.6. The predicted molar refractivity (Wildman–Crippen MR) is 102 cm³/mol. The van der Waals surface area contributed by atoms with Crippen molar-refractivity contribution in [3.05, 3.63) is 71.0 Å². The lowest BCUT2D eigenvalue weighted by Crippen LogP contribution is -2.37. The average Bonchev–Trinajstić information content (AvgIpc) is 3.01. The summed E-state index contributed by atoms with van der Waals surface area (Å²) in [5.41, 5.74) is 1.47. The predicted octanol–water partition coefficient (Wildman–Crippen LogP) is 2.72. The van der Waals surface area contributed by atoms with Gasteiger partial charge in [-0.25, -0.2) is 9.67 Å². The molecule has 2 aromatic carbocycles. The molecule has 0 radical (unpaired) electrons. The molecule has 1 N–H and O–H groups in total. The van der Waals surface area contributed by atoms with Crippen LogP contribution in [0.4, 0.5) is 0 Å². The number of hydrogen-bond acceptors (Lipinski definition) is 4. The Morgan fingerprint density at radius 1 is 1.07 bits per heavy atom. The van der Waals surface area contributed by atoms with Gasteiger partial charge in [0, 0.05) is 30.1 Å². The molecule has 0 spiro atoms. The van der Waals surface area contributed by atoms with E-state index < -0.39 is 6.10 Å². The third-order valence-corrected chi connectivity index (χ3v) is 4.91. The number of amides is 1. The average molecular weight is 383 g/mol. The first-order chi connectivity index (χ1) is 13.1. The molecule has 3 aromatic rings. The second kappa shape index (κ2) is 7.50. The highest BCUT2D eigenvalue weighted by molar-refractivity contribution is 6.30. The molecule has 0 saturated carbocycles. The summed E-state index contributed by atoms with van der Waals surface area (Å²) in [7, 11) is 0. The number of aliphatic hydroxyl groups excluding tert-OH is 1. The van der Waals surface area contributed by atoms with Gasteiger partial charge >= 0.3 is 0 Å². The Balaban J connectivity index is 1.47. The highest BCUT2D eigenvalue weighted by atomic mass is 35.5. The zero-order chi connectivity index (χ0) is 18.8. The summed E-state index contributed by atoms with van der Waals surface area (Å²) in [5.74, 6) is 1.22. The third kappa shape index (κ3) is 3.72. The lowest BCUT2D eigenvalue weighted by Gasteiger charge is -2.23. The van der Waals surface area contributed by atoms with Crippen molar-refractivity contribution in [1.29, 1.82) is 0 Å². The van der Waals surface area contributed by atoms with Crippen LogP contribution < -0.4 is 0 Å². The topological polar surface area (TPSA) is 71.2 Å². The first-order valence-corrected chi connectivity index (χ1v) is 9.21. The van der Waals surface area contributed by atoms with Crippen LogP contribution >= 0.6 is 11.6 Å². The second-order valence-electron chi connectivity index (χ2n) is 6.47. The van der Waals surface area contributed by atoms with Crippen molar-refractivity contribution in [3.8, 4) is 11.4 Å². The molecule has 138 valence electrons. The lowest BCUT2D eigenvalue weighted by molar-refractivity contribution is -0.140. The summed E-state index contributed by atoms with van der Waals surface area (Å²) in [5, 5.41) is 15.5.